The maximum atomic E-state index is 12.9. The Balaban J connectivity index is 0.00000256. The maximum Gasteiger partial charge on any atom is 0.223 e. The fourth-order valence-electron chi connectivity index (χ4n) is 5.75. The summed E-state index contributed by atoms with van der Waals surface area (Å²) in [5.41, 5.74) is 7.42. The molecule has 0 radical (unpaired) electrons. The molecule has 0 spiro atoms. The number of hydrogen-bond acceptors (Lipinski definition) is 3. The summed E-state index contributed by atoms with van der Waals surface area (Å²) in [6, 6.07) is 10.8. The summed E-state index contributed by atoms with van der Waals surface area (Å²) < 4.78 is 0. The second-order valence-corrected chi connectivity index (χ2v) is 9.36. The topological polar surface area (TPSA) is 75.4 Å². The number of rotatable bonds is 5. The van der Waals surface area contributed by atoms with Crippen molar-refractivity contribution in [3.8, 4) is 0 Å². The number of carbonyl (C=O) groups is 2. The van der Waals surface area contributed by atoms with Gasteiger partial charge < -0.3 is 16.0 Å². The number of amides is 2. The van der Waals surface area contributed by atoms with Gasteiger partial charge in [-0.05, 0) is 62.3 Å². The number of nitrogens with two attached hydrogens (primary N) is 1. The van der Waals surface area contributed by atoms with E-state index in [9.17, 15) is 9.59 Å². The number of nitrogens with zero attached hydrogens (tertiary/aromatic N) is 1. The van der Waals surface area contributed by atoms with Crippen LogP contribution in [0.2, 0.25) is 0 Å². The van der Waals surface area contributed by atoms with Crippen LogP contribution in [0, 0.1) is 17.8 Å². The third-order valence-electron chi connectivity index (χ3n) is 7.37. The van der Waals surface area contributed by atoms with Gasteiger partial charge in [-0.25, -0.2) is 0 Å². The smallest absolute Gasteiger partial charge is 0.223 e. The normalized spacial score (nSPS) is 29.0. The largest absolute Gasteiger partial charge is 0.353 e. The minimum absolute atomic E-state index is 0. The molecule has 2 saturated carbocycles. The first-order valence-corrected chi connectivity index (χ1v) is 11.5. The fraction of sp³-hybridized carbons (Fsp3) is 0.667. The number of carbonyl (C=O) groups excluding carboxylic acids is 2. The standard InChI is InChI=1S/C24H35N3O2.ClH/c25-21-15-19-7-4-8-20(16-21)23(19)26-24(29)18-11-13-27(14-12-18)22(28)10-9-17-5-2-1-3-6-17;/h1-3,5-6,18-21,23H,4,7-16,25H2,(H,26,29);1H. The van der Waals surface area contributed by atoms with Gasteiger partial charge in [0.1, 0.15) is 0 Å². The predicted octanol–water partition coefficient (Wildman–Crippen LogP) is 3.30. The lowest BCUT2D eigenvalue weighted by Gasteiger charge is -2.45. The van der Waals surface area contributed by atoms with Crippen molar-refractivity contribution >= 4 is 24.2 Å². The summed E-state index contributed by atoms with van der Waals surface area (Å²) in [4.78, 5) is 27.4. The molecule has 1 aromatic carbocycles. The van der Waals surface area contributed by atoms with Gasteiger partial charge in [-0.1, -0.05) is 36.8 Å². The Morgan fingerprint density at radius 2 is 1.63 bits per heavy atom. The van der Waals surface area contributed by atoms with Crippen molar-refractivity contribution in [1.82, 2.24) is 10.2 Å². The van der Waals surface area contributed by atoms with Crippen LogP contribution in [-0.2, 0) is 16.0 Å². The Morgan fingerprint density at radius 1 is 1.00 bits per heavy atom. The van der Waals surface area contributed by atoms with E-state index in [0.29, 0.717) is 43.4 Å². The van der Waals surface area contributed by atoms with E-state index in [1.807, 2.05) is 23.1 Å². The van der Waals surface area contributed by atoms with Gasteiger partial charge in [-0.15, -0.1) is 12.4 Å². The number of aryl methyl sites for hydroxylation is 1. The summed E-state index contributed by atoms with van der Waals surface area (Å²) in [6.07, 6.45) is 8.67. The Bertz CT molecular complexity index is 692. The van der Waals surface area contributed by atoms with Gasteiger partial charge >= 0.3 is 0 Å². The van der Waals surface area contributed by atoms with Crippen molar-refractivity contribution in [2.75, 3.05) is 13.1 Å². The molecule has 1 aromatic rings. The van der Waals surface area contributed by atoms with E-state index >= 15 is 0 Å². The number of likely N-dealkylation sites (tertiary alicyclic amines) is 1. The quantitative estimate of drug-likeness (QED) is 0.748. The average Bonchev–Trinajstić information content (AvgIpc) is 2.73. The second-order valence-electron chi connectivity index (χ2n) is 9.36. The van der Waals surface area contributed by atoms with Crippen LogP contribution in [-0.4, -0.2) is 41.9 Å². The van der Waals surface area contributed by atoms with Gasteiger partial charge in [-0.2, -0.15) is 0 Å². The highest BCUT2D eigenvalue weighted by molar-refractivity contribution is 5.85. The van der Waals surface area contributed by atoms with Gasteiger partial charge in [0.25, 0.3) is 0 Å². The first kappa shape index (κ1) is 23.1. The number of piperidine rings is 1. The van der Waals surface area contributed by atoms with Crippen molar-refractivity contribution in [2.45, 2.75) is 69.9 Å². The van der Waals surface area contributed by atoms with E-state index in [2.05, 4.69) is 17.4 Å². The lowest BCUT2D eigenvalue weighted by molar-refractivity contribution is -0.136. The minimum Gasteiger partial charge on any atom is -0.353 e. The number of hydrogen-bond donors (Lipinski definition) is 2. The second kappa shape index (κ2) is 10.6. The number of benzene rings is 1. The lowest BCUT2D eigenvalue weighted by Crippen LogP contribution is -2.55. The zero-order valence-corrected chi connectivity index (χ0v) is 18.6. The molecule has 166 valence electrons. The number of halogens is 1. The Hall–Kier alpha value is -1.59. The molecule has 2 bridgehead atoms. The summed E-state index contributed by atoms with van der Waals surface area (Å²) >= 11 is 0. The third kappa shape index (κ3) is 5.55. The zero-order valence-electron chi connectivity index (χ0n) is 17.8. The molecule has 3 aliphatic rings. The minimum atomic E-state index is 0. The number of fused-ring (bicyclic) bond motifs is 2. The summed E-state index contributed by atoms with van der Waals surface area (Å²) in [7, 11) is 0. The van der Waals surface area contributed by atoms with E-state index in [1.54, 1.807) is 0 Å². The molecule has 2 aliphatic carbocycles. The van der Waals surface area contributed by atoms with Crippen LogP contribution in [0.15, 0.2) is 30.3 Å². The van der Waals surface area contributed by atoms with E-state index in [0.717, 1.165) is 32.1 Å². The molecule has 1 heterocycles. The van der Waals surface area contributed by atoms with Crippen LogP contribution in [0.5, 0.6) is 0 Å². The molecule has 0 aromatic heterocycles. The summed E-state index contributed by atoms with van der Waals surface area (Å²) in [5.74, 6) is 1.58. The molecule has 2 amide bonds. The van der Waals surface area contributed by atoms with Crippen LogP contribution in [0.3, 0.4) is 0 Å². The van der Waals surface area contributed by atoms with Crippen LogP contribution < -0.4 is 11.1 Å². The van der Waals surface area contributed by atoms with Gasteiger partial charge in [0, 0.05) is 37.5 Å². The van der Waals surface area contributed by atoms with Crippen molar-refractivity contribution < 1.29 is 9.59 Å². The monoisotopic (exact) mass is 433 g/mol. The molecule has 4 rings (SSSR count). The molecule has 3 fully saturated rings. The van der Waals surface area contributed by atoms with Crippen LogP contribution in [0.25, 0.3) is 0 Å². The molecular weight excluding hydrogens is 398 g/mol. The molecule has 30 heavy (non-hydrogen) atoms. The van der Waals surface area contributed by atoms with Gasteiger partial charge in [-0.3, -0.25) is 9.59 Å². The first-order chi connectivity index (χ1) is 14.1. The Kier molecular flexibility index (Phi) is 8.18. The van der Waals surface area contributed by atoms with Crippen LogP contribution in [0.1, 0.15) is 56.9 Å². The highest BCUT2D eigenvalue weighted by atomic mass is 35.5. The van der Waals surface area contributed by atoms with Crippen molar-refractivity contribution in [3.05, 3.63) is 35.9 Å². The predicted molar refractivity (Wildman–Crippen MR) is 121 cm³/mol. The lowest BCUT2D eigenvalue weighted by atomic mass is 9.67. The molecule has 1 aliphatic heterocycles. The highest BCUT2D eigenvalue weighted by Crippen LogP contribution is 2.40. The van der Waals surface area contributed by atoms with E-state index < -0.39 is 0 Å². The molecule has 1 saturated heterocycles. The molecule has 6 heteroatoms. The third-order valence-corrected chi connectivity index (χ3v) is 7.37. The SMILES string of the molecule is Cl.NC1CC2CCCC(C1)C2NC(=O)C1CCN(C(=O)CCc2ccccc2)CC1. The maximum absolute atomic E-state index is 12.9. The van der Waals surface area contributed by atoms with E-state index in [4.69, 9.17) is 5.73 Å². The Morgan fingerprint density at radius 3 is 2.27 bits per heavy atom. The zero-order chi connectivity index (χ0) is 20.2. The molecule has 3 N–H and O–H groups in total. The van der Waals surface area contributed by atoms with Crippen molar-refractivity contribution in [1.29, 1.82) is 0 Å². The molecule has 5 nitrogen and oxygen atoms in total. The summed E-state index contributed by atoms with van der Waals surface area (Å²) in [5, 5.41) is 3.40. The summed E-state index contributed by atoms with van der Waals surface area (Å²) in [6.45, 7) is 1.40. The first-order valence-electron chi connectivity index (χ1n) is 11.5. The fourth-order valence-corrected chi connectivity index (χ4v) is 5.75. The molecule has 2 atom stereocenters. The van der Waals surface area contributed by atoms with Crippen LogP contribution >= 0.6 is 12.4 Å². The number of nitrogens with one attached hydrogen (secondary N) is 1. The average molecular weight is 434 g/mol. The van der Waals surface area contributed by atoms with Gasteiger partial charge in [0.15, 0.2) is 0 Å². The Labute approximate surface area is 186 Å². The van der Waals surface area contributed by atoms with Gasteiger partial charge in [0.05, 0.1) is 0 Å². The van der Waals surface area contributed by atoms with Crippen LogP contribution in [0.4, 0.5) is 0 Å². The molecule has 2 unspecified atom stereocenters. The van der Waals surface area contributed by atoms with E-state index in [1.165, 1.54) is 24.8 Å². The van der Waals surface area contributed by atoms with Crippen molar-refractivity contribution in [3.63, 3.8) is 0 Å². The van der Waals surface area contributed by atoms with Gasteiger partial charge in [0.2, 0.25) is 11.8 Å². The van der Waals surface area contributed by atoms with E-state index in [-0.39, 0.29) is 30.1 Å². The highest BCUT2D eigenvalue weighted by Gasteiger charge is 2.41. The van der Waals surface area contributed by atoms with Crippen molar-refractivity contribution in [2.24, 2.45) is 23.5 Å². The molecular formula is C24H36ClN3O2.